The molecule has 1 unspecified atom stereocenters. The van der Waals surface area contributed by atoms with Crippen LogP contribution in [0.2, 0.25) is 5.02 Å². The second-order valence-corrected chi connectivity index (χ2v) is 6.00. The number of aliphatic hydroxyl groups excluding tert-OH is 1. The third-order valence-corrected chi connectivity index (χ3v) is 4.00. The monoisotopic (exact) mass is 361 g/mol. The summed E-state index contributed by atoms with van der Waals surface area (Å²) in [6.07, 6.45) is 0.786. The number of nitrogens with zero attached hydrogens (tertiary/aromatic N) is 4. The molecule has 0 aliphatic carbocycles. The molecule has 0 fully saturated rings. The molecule has 8 nitrogen and oxygen atoms in total. The van der Waals surface area contributed by atoms with Crippen molar-refractivity contribution in [3.05, 3.63) is 68.7 Å². The second kappa shape index (κ2) is 7.04. The van der Waals surface area contributed by atoms with Crippen molar-refractivity contribution in [1.82, 2.24) is 19.9 Å². The Bertz CT molecular complexity index is 936. The highest BCUT2D eigenvalue weighted by atomic mass is 35.5. The van der Waals surface area contributed by atoms with Crippen LogP contribution in [0.5, 0.6) is 0 Å². The van der Waals surface area contributed by atoms with E-state index in [0.29, 0.717) is 27.7 Å². The Balaban J connectivity index is 1.71. The molecule has 9 heteroatoms. The molecule has 0 saturated carbocycles. The first kappa shape index (κ1) is 17.1. The fourth-order valence-corrected chi connectivity index (χ4v) is 2.38. The fourth-order valence-electron chi connectivity index (χ4n) is 2.25. The van der Waals surface area contributed by atoms with Gasteiger partial charge in [0.15, 0.2) is 5.82 Å². The van der Waals surface area contributed by atoms with E-state index < -0.39 is 6.10 Å². The fraction of sp³-hybridized carbons (Fsp3) is 0.250. The Kier molecular flexibility index (Phi) is 4.82. The number of nitrogen functional groups attached to an aromatic ring is 1. The van der Waals surface area contributed by atoms with E-state index in [4.69, 9.17) is 21.9 Å². The molecule has 0 saturated heterocycles. The first-order valence-electron chi connectivity index (χ1n) is 7.51. The number of hydrogen-bond donors (Lipinski definition) is 2. The highest BCUT2D eigenvalue weighted by molar-refractivity contribution is 6.30. The lowest BCUT2D eigenvalue weighted by atomic mass is 10.1. The number of anilines is 1. The van der Waals surface area contributed by atoms with Gasteiger partial charge in [0.25, 0.3) is 5.56 Å². The summed E-state index contributed by atoms with van der Waals surface area (Å²) in [5.74, 6) is 0.551. The van der Waals surface area contributed by atoms with Gasteiger partial charge in [0.2, 0.25) is 5.89 Å². The molecule has 0 spiro atoms. The Morgan fingerprint density at radius 1 is 1.36 bits per heavy atom. The van der Waals surface area contributed by atoms with Crippen LogP contribution in [0.3, 0.4) is 0 Å². The van der Waals surface area contributed by atoms with E-state index in [1.54, 1.807) is 31.2 Å². The molecule has 0 radical (unpaired) electrons. The normalized spacial score (nSPS) is 12.3. The van der Waals surface area contributed by atoms with E-state index >= 15 is 0 Å². The van der Waals surface area contributed by atoms with Crippen LogP contribution in [0.15, 0.2) is 39.8 Å². The van der Waals surface area contributed by atoms with Crippen LogP contribution in [0.1, 0.15) is 28.9 Å². The molecule has 3 aromatic rings. The van der Waals surface area contributed by atoms with E-state index in [2.05, 4.69) is 15.2 Å². The Morgan fingerprint density at radius 3 is 2.80 bits per heavy atom. The molecule has 25 heavy (non-hydrogen) atoms. The average Bonchev–Trinajstić information content (AvgIpc) is 3.03. The van der Waals surface area contributed by atoms with Crippen molar-refractivity contribution in [3.63, 3.8) is 0 Å². The average molecular weight is 362 g/mol. The van der Waals surface area contributed by atoms with Crippen molar-refractivity contribution >= 4 is 17.3 Å². The minimum absolute atomic E-state index is 0.0317. The summed E-state index contributed by atoms with van der Waals surface area (Å²) in [5, 5.41) is 18.6. The zero-order chi connectivity index (χ0) is 18.0. The topological polar surface area (TPSA) is 120 Å². The van der Waals surface area contributed by atoms with Crippen molar-refractivity contribution in [2.75, 3.05) is 5.73 Å². The zero-order valence-corrected chi connectivity index (χ0v) is 14.1. The van der Waals surface area contributed by atoms with Crippen LogP contribution in [0, 0.1) is 6.92 Å². The van der Waals surface area contributed by atoms with Crippen molar-refractivity contribution in [1.29, 1.82) is 0 Å². The molecule has 3 rings (SSSR count). The lowest BCUT2D eigenvalue weighted by Crippen LogP contribution is -2.26. The van der Waals surface area contributed by atoms with Crippen molar-refractivity contribution in [2.24, 2.45) is 0 Å². The van der Waals surface area contributed by atoms with Gasteiger partial charge in [-0.15, -0.1) is 0 Å². The van der Waals surface area contributed by atoms with Crippen LogP contribution in [0.25, 0.3) is 0 Å². The molecule has 1 aromatic carbocycles. The maximum atomic E-state index is 12.1. The molecule has 1 atom stereocenters. The van der Waals surface area contributed by atoms with Gasteiger partial charge < -0.3 is 15.4 Å². The molecule has 0 bridgehead atoms. The SMILES string of the molecule is Cc1c(N)cnn(Cc2nc(CC(O)c3ccc(Cl)cc3)no2)c1=O. The quantitative estimate of drug-likeness (QED) is 0.706. The highest BCUT2D eigenvalue weighted by Gasteiger charge is 2.15. The predicted molar refractivity (Wildman–Crippen MR) is 91.2 cm³/mol. The standard InChI is InChI=1S/C16H16ClN5O3/c1-9-12(18)7-19-22(16(9)24)8-15-20-14(21-25-15)6-13(23)10-2-4-11(17)5-3-10/h2-5,7,13,23H,6,8,18H2,1H3. The first-order chi connectivity index (χ1) is 11.9. The van der Waals surface area contributed by atoms with Crippen molar-refractivity contribution in [3.8, 4) is 0 Å². The number of aromatic nitrogens is 4. The summed E-state index contributed by atoms with van der Waals surface area (Å²) < 4.78 is 6.32. The molecule has 0 aliphatic rings. The Labute approximate surface area is 147 Å². The molecule has 3 N–H and O–H groups in total. The third kappa shape index (κ3) is 3.86. The lowest BCUT2D eigenvalue weighted by molar-refractivity contribution is 0.174. The maximum Gasteiger partial charge on any atom is 0.272 e. The van der Waals surface area contributed by atoms with Gasteiger partial charge in [0.1, 0.15) is 6.54 Å². The van der Waals surface area contributed by atoms with Gasteiger partial charge in [0.05, 0.1) is 18.0 Å². The molecular formula is C16H16ClN5O3. The molecule has 2 heterocycles. The molecule has 0 amide bonds. The van der Waals surface area contributed by atoms with E-state index in [9.17, 15) is 9.90 Å². The Hall–Kier alpha value is -2.71. The number of rotatable bonds is 5. The van der Waals surface area contributed by atoms with Gasteiger partial charge >= 0.3 is 0 Å². The number of benzene rings is 1. The minimum Gasteiger partial charge on any atom is -0.397 e. The van der Waals surface area contributed by atoms with Crippen LogP contribution in [-0.2, 0) is 13.0 Å². The lowest BCUT2D eigenvalue weighted by Gasteiger charge is -2.08. The molecule has 2 aromatic heterocycles. The van der Waals surface area contributed by atoms with Crippen LogP contribution in [0.4, 0.5) is 5.69 Å². The first-order valence-corrected chi connectivity index (χ1v) is 7.89. The van der Waals surface area contributed by atoms with Crippen molar-refractivity contribution in [2.45, 2.75) is 26.0 Å². The molecular weight excluding hydrogens is 346 g/mol. The van der Waals surface area contributed by atoms with Crippen LogP contribution in [-0.4, -0.2) is 25.0 Å². The Morgan fingerprint density at radius 2 is 2.08 bits per heavy atom. The molecule has 0 aliphatic heterocycles. The van der Waals surface area contributed by atoms with E-state index in [1.807, 2.05) is 0 Å². The summed E-state index contributed by atoms with van der Waals surface area (Å²) in [4.78, 5) is 16.3. The zero-order valence-electron chi connectivity index (χ0n) is 13.4. The van der Waals surface area contributed by atoms with Crippen LogP contribution < -0.4 is 11.3 Å². The highest BCUT2D eigenvalue weighted by Crippen LogP contribution is 2.19. The van der Waals surface area contributed by atoms with Gasteiger partial charge in [-0.1, -0.05) is 28.9 Å². The van der Waals surface area contributed by atoms with Crippen LogP contribution >= 0.6 is 11.6 Å². The second-order valence-electron chi connectivity index (χ2n) is 5.56. The molecule has 130 valence electrons. The predicted octanol–water partition coefficient (Wildman–Crippen LogP) is 1.49. The van der Waals surface area contributed by atoms with Gasteiger partial charge in [0, 0.05) is 17.0 Å². The summed E-state index contributed by atoms with van der Waals surface area (Å²) >= 11 is 5.83. The number of aliphatic hydroxyl groups is 1. The van der Waals surface area contributed by atoms with Gasteiger partial charge in [-0.3, -0.25) is 4.79 Å². The smallest absolute Gasteiger partial charge is 0.272 e. The number of nitrogens with two attached hydrogens (primary N) is 1. The minimum atomic E-state index is -0.790. The maximum absolute atomic E-state index is 12.1. The number of halogens is 1. The third-order valence-electron chi connectivity index (χ3n) is 3.75. The van der Waals surface area contributed by atoms with E-state index in [0.717, 1.165) is 0 Å². The summed E-state index contributed by atoms with van der Waals surface area (Å²) in [7, 11) is 0. The van der Waals surface area contributed by atoms with Gasteiger partial charge in [-0.05, 0) is 24.6 Å². The van der Waals surface area contributed by atoms with Gasteiger partial charge in [-0.2, -0.15) is 10.1 Å². The largest absolute Gasteiger partial charge is 0.397 e. The summed E-state index contributed by atoms with van der Waals surface area (Å²) in [6, 6.07) is 6.86. The summed E-state index contributed by atoms with van der Waals surface area (Å²) in [6.45, 7) is 1.65. The number of hydrogen-bond acceptors (Lipinski definition) is 7. The summed E-state index contributed by atoms with van der Waals surface area (Å²) in [5.41, 5.74) is 6.76. The van der Waals surface area contributed by atoms with E-state index in [1.165, 1.54) is 10.9 Å². The van der Waals surface area contributed by atoms with Crippen molar-refractivity contribution < 1.29 is 9.63 Å². The van der Waals surface area contributed by atoms with E-state index in [-0.39, 0.29) is 24.4 Å². The van der Waals surface area contributed by atoms with Gasteiger partial charge in [-0.25, -0.2) is 4.68 Å².